The average Bonchev–Trinajstić information content (AvgIpc) is 2.90. The Morgan fingerprint density at radius 2 is 1.83 bits per heavy atom. The van der Waals surface area contributed by atoms with Gasteiger partial charge in [-0.2, -0.15) is 5.10 Å². The molecule has 0 aliphatic carbocycles. The van der Waals surface area contributed by atoms with E-state index in [0.717, 1.165) is 16.9 Å². The molecule has 1 aliphatic rings. The molecule has 0 spiro atoms. The number of non-ortho nitro benzene ring substituents is 1. The van der Waals surface area contributed by atoms with Crippen LogP contribution in [0.2, 0.25) is 0 Å². The van der Waals surface area contributed by atoms with Crippen molar-refractivity contribution in [2.75, 3.05) is 12.4 Å². The van der Waals surface area contributed by atoms with Gasteiger partial charge in [-0.3, -0.25) is 10.1 Å². The van der Waals surface area contributed by atoms with Crippen molar-refractivity contribution in [3.05, 3.63) is 99.6 Å². The van der Waals surface area contributed by atoms with Crippen LogP contribution in [0.5, 0.6) is 5.75 Å². The second-order valence-corrected chi connectivity index (χ2v) is 7.02. The molecule has 30 heavy (non-hydrogen) atoms. The second-order valence-electron chi connectivity index (χ2n) is 6.64. The van der Waals surface area contributed by atoms with E-state index in [4.69, 9.17) is 22.1 Å². The first-order valence-corrected chi connectivity index (χ1v) is 9.60. The molecule has 1 aliphatic heterocycles. The molecule has 7 nitrogen and oxygen atoms in total. The van der Waals surface area contributed by atoms with Crippen LogP contribution in [0.1, 0.15) is 16.7 Å². The summed E-state index contributed by atoms with van der Waals surface area (Å²) in [6.45, 7) is 0.433. The topological polar surface area (TPSA) is 80.0 Å². The number of methoxy groups -OCH3 is 1. The third-order valence-corrected chi connectivity index (χ3v) is 5.02. The Bertz CT molecular complexity index is 1130. The van der Waals surface area contributed by atoms with Crippen LogP contribution in [-0.2, 0) is 6.54 Å². The van der Waals surface area contributed by atoms with Gasteiger partial charge in [-0.05, 0) is 36.0 Å². The summed E-state index contributed by atoms with van der Waals surface area (Å²) in [6, 6.07) is 21.8. The number of nitro benzene ring substituents is 1. The van der Waals surface area contributed by atoms with Gasteiger partial charge in [-0.15, -0.1) is 0 Å². The third-order valence-electron chi connectivity index (χ3n) is 4.70. The minimum absolute atomic E-state index is 0.00583. The van der Waals surface area contributed by atoms with E-state index < -0.39 is 4.92 Å². The molecule has 3 aromatic rings. The fourth-order valence-electron chi connectivity index (χ4n) is 3.17. The summed E-state index contributed by atoms with van der Waals surface area (Å²) in [5.74, 6) is 0.767. The number of hydrogen-bond donors (Lipinski definition) is 1. The Morgan fingerprint density at radius 3 is 2.50 bits per heavy atom. The molecule has 4 rings (SSSR count). The van der Waals surface area contributed by atoms with Crippen molar-refractivity contribution in [3.8, 4) is 5.75 Å². The number of anilines is 1. The van der Waals surface area contributed by atoms with E-state index in [9.17, 15) is 10.1 Å². The van der Waals surface area contributed by atoms with Crippen LogP contribution >= 0.6 is 12.2 Å². The largest absolute Gasteiger partial charge is 0.497 e. The fraction of sp³-hybridized carbons (Fsp3) is 0.0909. The highest BCUT2D eigenvalue weighted by atomic mass is 32.1. The van der Waals surface area contributed by atoms with E-state index >= 15 is 0 Å². The summed E-state index contributed by atoms with van der Waals surface area (Å²) >= 11 is 5.57. The summed E-state index contributed by atoms with van der Waals surface area (Å²) in [4.78, 5) is 10.9. The molecule has 0 fully saturated rings. The van der Waals surface area contributed by atoms with Crippen LogP contribution in [0.3, 0.4) is 0 Å². The van der Waals surface area contributed by atoms with Crippen molar-refractivity contribution < 1.29 is 9.66 Å². The summed E-state index contributed by atoms with van der Waals surface area (Å²) in [5.41, 5.74) is 3.72. The van der Waals surface area contributed by atoms with Crippen molar-refractivity contribution in [2.24, 2.45) is 5.10 Å². The molecule has 8 heteroatoms. The van der Waals surface area contributed by atoms with Gasteiger partial charge in [0.15, 0.2) is 5.11 Å². The molecule has 0 atom stereocenters. The summed E-state index contributed by atoms with van der Waals surface area (Å²) in [7, 11) is 1.62. The predicted molar refractivity (Wildman–Crippen MR) is 120 cm³/mol. The van der Waals surface area contributed by atoms with Crippen molar-refractivity contribution in [3.63, 3.8) is 0 Å². The maximum Gasteiger partial charge on any atom is 0.270 e. The average molecular weight is 418 g/mol. The van der Waals surface area contributed by atoms with Gasteiger partial charge in [0.2, 0.25) is 0 Å². The molecule has 1 heterocycles. The van der Waals surface area contributed by atoms with Crippen molar-refractivity contribution >= 4 is 34.4 Å². The zero-order valence-electron chi connectivity index (χ0n) is 16.1. The van der Waals surface area contributed by atoms with Gasteiger partial charge in [0.25, 0.3) is 5.69 Å². The summed E-state index contributed by atoms with van der Waals surface area (Å²) in [6.07, 6.45) is 0. The number of benzene rings is 3. The van der Waals surface area contributed by atoms with Gasteiger partial charge in [0.1, 0.15) is 11.5 Å². The minimum Gasteiger partial charge on any atom is -0.497 e. The van der Waals surface area contributed by atoms with Gasteiger partial charge in [0, 0.05) is 23.3 Å². The number of fused-ring (bicyclic) bond motifs is 1. The van der Waals surface area contributed by atoms with Crippen molar-refractivity contribution in [1.29, 1.82) is 0 Å². The standard InChI is InChI=1S/C22H18N4O3S/c1-29-18-10-7-15(8-11-18)14-25-22(30)23-20-12-9-17(26(27)28)13-19(20)21(24-25)16-5-3-2-4-6-16/h2-13H,14H2,1H3,(H,23,30). The molecule has 0 unspecified atom stereocenters. The van der Waals surface area contributed by atoms with Crippen LogP contribution in [-0.4, -0.2) is 27.9 Å². The maximum absolute atomic E-state index is 11.3. The lowest BCUT2D eigenvalue weighted by Gasteiger charge is -2.19. The lowest BCUT2D eigenvalue weighted by atomic mass is 10.00. The number of nitrogens with one attached hydrogen (secondary N) is 1. The van der Waals surface area contributed by atoms with Crippen molar-refractivity contribution in [1.82, 2.24) is 5.01 Å². The van der Waals surface area contributed by atoms with E-state index in [1.165, 1.54) is 12.1 Å². The summed E-state index contributed by atoms with van der Waals surface area (Å²) < 4.78 is 5.21. The molecule has 0 radical (unpaired) electrons. The quantitative estimate of drug-likeness (QED) is 0.371. The summed E-state index contributed by atoms with van der Waals surface area (Å²) in [5, 5.41) is 21.4. The molecule has 0 saturated heterocycles. The number of ether oxygens (including phenoxy) is 1. The monoisotopic (exact) mass is 418 g/mol. The lowest BCUT2D eigenvalue weighted by molar-refractivity contribution is -0.384. The molecular formula is C22H18N4O3S. The molecule has 3 aromatic carbocycles. The SMILES string of the molecule is COc1ccc(CN2N=C(c3ccccc3)c3cc([N+](=O)[O-])ccc3NC2=S)cc1. The van der Waals surface area contributed by atoms with E-state index in [2.05, 4.69) is 5.32 Å². The first-order valence-electron chi connectivity index (χ1n) is 9.19. The van der Waals surface area contributed by atoms with Crippen LogP contribution in [0.25, 0.3) is 0 Å². The second kappa shape index (κ2) is 8.30. The first kappa shape index (κ1) is 19.5. The maximum atomic E-state index is 11.3. The molecule has 1 N–H and O–H groups in total. The van der Waals surface area contributed by atoms with E-state index in [-0.39, 0.29) is 5.69 Å². The zero-order valence-corrected chi connectivity index (χ0v) is 16.9. The number of nitro groups is 1. The molecule has 150 valence electrons. The lowest BCUT2D eigenvalue weighted by Crippen LogP contribution is -2.29. The molecular weight excluding hydrogens is 400 g/mol. The highest BCUT2D eigenvalue weighted by Gasteiger charge is 2.23. The zero-order chi connectivity index (χ0) is 21.1. The molecule has 0 saturated carbocycles. The van der Waals surface area contributed by atoms with Gasteiger partial charge < -0.3 is 10.1 Å². The molecule has 0 bridgehead atoms. The van der Waals surface area contributed by atoms with Gasteiger partial charge in [-0.1, -0.05) is 42.5 Å². The van der Waals surface area contributed by atoms with Gasteiger partial charge >= 0.3 is 0 Å². The van der Waals surface area contributed by atoms with E-state index in [0.29, 0.717) is 28.6 Å². The number of nitrogens with zero attached hydrogens (tertiary/aromatic N) is 3. The van der Waals surface area contributed by atoms with Gasteiger partial charge in [-0.25, -0.2) is 5.01 Å². The van der Waals surface area contributed by atoms with Crippen LogP contribution in [0.4, 0.5) is 11.4 Å². The third kappa shape index (κ3) is 3.99. The number of hydrazone groups is 1. The number of rotatable bonds is 5. The normalized spacial score (nSPS) is 13.0. The van der Waals surface area contributed by atoms with Crippen molar-refractivity contribution in [2.45, 2.75) is 6.54 Å². The minimum atomic E-state index is -0.415. The fourth-order valence-corrected chi connectivity index (χ4v) is 3.39. The Kier molecular flexibility index (Phi) is 5.40. The Balaban J connectivity index is 1.79. The number of hydrogen-bond acceptors (Lipinski definition) is 5. The Morgan fingerprint density at radius 1 is 1.10 bits per heavy atom. The molecule has 0 aromatic heterocycles. The van der Waals surface area contributed by atoms with Crippen LogP contribution < -0.4 is 10.1 Å². The highest BCUT2D eigenvalue weighted by Crippen LogP contribution is 2.29. The highest BCUT2D eigenvalue weighted by molar-refractivity contribution is 7.80. The predicted octanol–water partition coefficient (Wildman–Crippen LogP) is 4.57. The Labute approximate surface area is 178 Å². The molecule has 0 amide bonds. The van der Waals surface area contributed by atoms with Gasteiger partial charge in [0.05, 0.1) is 24.3 Å². The Hall–Kier alpha value is -3.78. The first-order chi connectivity index (χ1) is 14.5. The van der Waals surface area contributed by atoms with Crippen LogP contribution in [0, 0.1) is 10.1 Å². The smallest absolute Gasteiger partial charge is 0.270 e. The van der Waals surface area contributed by atoms with E-state index in [1.807, 2.05) is 54.6 Å². The van der Waals surface area contributed by atoms with Crippen LogP contribution in [0.15, 0.2) is 77.9 Å². The number of thiocarbonyl (C=S) groups is 1. The van der Waals surface area contributed by atoms with E-state index in [1.54, 1.807) is 18.2 Å².